The summed E-state index contributed by atoms with van der Waals surface area (Å²) in [5.74, 6) is -3.69. The maximum atomic E-state index is 13.5. The lowest BCUT2D eigenvalue weighted by molar-refractivity contribution is -0.152. The normalized spacial score (nSPS) is 12.8. The number of nitrogens with two attached hydrogens (primary N) is 1. The van der Waals surface area contributed by atoms with Crippen LogP contribution in [0.3, 0.4) is 0 Å². The summed E-state index contributed by atoms with van der Waals surface area (Å²) in [6, 6.07) is 0.444. The van der Waals surface area contributed by atoms with E-state index in [9.17, 15) is 19.1 Å². The quantitative estimate of drug-likeness (QED) is 0.722. The van der Waals surface area contributed by atoms with Crippen LogP contribution in [0.2, 0.25) is 0 Å². The molecule has 110 valence electrons. The van der Waals surface area contributed by atoms with Crippen LogP contribution in [0.1, 0.15) is 35.8 Å². The molecule has 0 aliphatic heterocycles. The molecular weight excluding hydrogens is 269 g/mol. The van der Waals surface area contributed by atoms with Gasteiger partial charge in [-0.2, -0.15) is 0 Å². The number of aromatic hydroxyl groups is 1. The first kappa shape index (κ1) is 15.9. The van der Waals surface area contributed by atoms with Crippen molar-refractivity contribution in [3.8, 4) is 5.75 Å². The van der Waals surface area contributed by atoms with Gasteiger partial charge in [-0.3, -0.25) is 4.79 Å². The highest BCUT2D eigenvalue weighted by molar-refractivity contribution is 5.91. The predicted molar refractivity (Wildman–Crippen MR) is 67.7 cm³/mol. The smallest absolute Gasteiger partial charge is 0.339 e. The van der Waals surface area contributed by atoms with Gasteiger partial charge < -0.3 is 20.7 Å². The van der Waals surface area contributed by atoms with Crippen LogP contribution in [0.15, 0.2) is 12.1 Å². The van der Waals surface area contributed by atoms with E-state index in [4.69, 9.17) is 10.8 Å². The van der Waals surface area contributed by atoms with Gasteiger partial charge in [-0.1, -0.05) is 0 Å². The number of carboxylic acid groups (broad SMARTS) is 1. The third-order valence-electron chi connectivity index (χ3n) is 3.16. The van der Waals surface area contributed by atoms with Crippen LogP contribution < -0.4 is 5.73 Å². The largest absolute Gasteiger partial charge is 0.507 e. The van der Waals surface area contributed by atoms with Crippen LogP contribution in [0.5, 0.6) is 5.75 Å². The topological polar surface area (TPSA) is 110 Å². The Hall–Kier alpha value is -2.15. The monoisotopic (exact) mass is 285 g/mol. The second-order valence-corrected chi connectivity index (χ2v) is 4.89. The van der Waals surface area contributed by atoms with Crippen LogP contribution in [-0.2, 0) is 9.53 Å². The predicted octanol–water partition coefficient (Wildman–Crippen LogP) is 1.43. The summed E-state index contributed by atoms with van der Waals surface area (Å²) in [6.07, 6.45) is 0. The molecule has 7 heteroatoms. The second-order valence-electron chi connectivity index (χ2n) is 4.89. The van der Waals surface area contributed by atoms with Crippen LogP contribution in [0.4, 0.5) is 4.39 Å². The minimum atomic E-state index is -1.49. The molecule has 0 fully saturated rings. The molecule has 20 heavy (non-hydrogen) atoms. The molecule has 1 aromatic rings. The summed E-state index contributed by atoms with van der Waals surface area (Å²) < 4.78 is 18.0. The maximum Gasteiger partial charge on any atom is 0.339 e. The van der Waals surface area contributed by atoms with Crippen molar-refractivity contribution in [3.05, 3.63) is 29.1 Å². The number of carbonyl (C=O) groups excluding carboxylic acids is 1. The van der Waals surface area contributed by atoms with Crippen LogP contribution in [0.25, 0.3) is 0 Å². The molecule has 4 N–H and O–H groups in total. The van der Waals surface area contributed by atoms with Gasteiger partial charge in [0.1, 0.15) is 17.1 Å². The molecule has 1 rings (SSSR count). The first-order chi connectivity index (χ1) is 9.12. The van der Waals surface area contributed by atoms with E-state index in [0.29, 0.717) is 6.07 Å². The van der Waals surface area contributed by atoms with Gasteiger partial charge in [0.15, 0.2) is 0 Å². The molecule has 0 amide bonds. The highest BCUT2D eigenvalue weighted by Gasteiger charge is 2.38. The number of halogens is 1. The first-order valence-corrected chi connectivity index (χ1v) is 5.72. The molecule has 0 unspecified atom stereocenters. The molecule has 1 aromatic carbocycles. The second kappa shape index (κ2) is 5.46. The molecular formula is C13H16FNO5. The van der Waals surface area contributed by atoms with Crippen molar-refractivity contribution in [3.63, 3.8) is 0 Å². The Morgan fingerprint density at radius 3 is 2.40 bits per heavy atom. The first-order valence-electron chi connectivity index (χ1n) is 5.72. The van der Waals surface area contributed by atoms with Crippen molar-refractivity contribution in [2.45, 2.75) is 19.9 Å². The number of carboxylic acids is 1. The number of ether oxygens (including phenoxy) is 1. The number of aromatic carboxylic acids is 1. The zero-order valence-corrected chi connectivity index (χ0v) is 11.3. The molecule has 0 radical (unpaired) electrons. The molecule has 0 saturated heterocycles. The van der Waals surface area contributed by atoms with E-state index in [2.05, 4.69) is 4.74 Å². The van der Waals surface area contributed by atoms with Crippen molar-refractivity contribution in [2.24, 2.45) is 11.1 Å². The maximum absolute atomic E-state index is 13.5. The molecule has 0 bridgehead atoms. The van der Waals surface area contributed by atoms with E-state index >= 15 is 0 Å². The molecule has 0 spiro atoms. The molecule has 0 aromatic heterocycles. The Balaban J connectivity index is 3.40. The average molecular weight is 285 g/mol. The van der Waals surface area contributed by atoms with Gasteiger partial charge >= 0.3 is 11.9 Å². The fraction of sp³-hybridized carbons (Fsp3) is 0.385. The lowest BCUT2D eigenvalue weighted by Gasteiger charge is -2.29. The third kappa shape index (κ3) is 2.72. The van der Waals surface area contributed by atoms with Crippen LogP contribution in [0, 0.1) is 11.2 Å². The summed E-state index contributed by atoms with van der Waals surface area (Å²) in [4.78, 5) is 22.6. The van der Waals surface area contributed by atoms with Crippen molar-refractivity contribution in [1.29, 1.82) is 0 Å². The van der Waals surface area contributed by atoms with Gasteiger partial charge in [-0.05, 0) is 26.0 Å². The number of methoxy groups -OCH3 is 1. The summed E-state index contributed by atoms with van der Waals surface area (Å²) in [5.41, 5.74) is 3.82. The molecule has 0 heterocycles. The van der Waals surface area contributed by atoms with Gasteiger partial charge in [-0.15, -0.1) is 0 Å². The zero-order chi connectivity index (χ0) is 15.7. The summed E-state index contributed by atoms with van der Waals surface area (Å²) in [6.45, 7) is 2.91. The Bertz CT molecular complexity index is 556. The molecule has 0 aliphatic rings. The highest BCUT2D eigenvalue weighted by atomic mass is 19.1. The van der Waals surface area contributed by atoms with Crippen molar-refractivity contribution < 1.29 is 28.9 Å². The standard InChI is InChI=1S/C13H16FNO5/c1-13(2,12(19)20-3)10(15)7-4-6(14)5-8(9(7)16)11(17)18/h4-5,10,16H,15H2,1-3H3,(H,17,18)/t10-/m1/s1. The van der Waals surface area contributed by atoms with E-state index in [-0.39, 0.29) is 5.56 Å². The SMILES string of the molecule is COC(=O)C(C)(C)[C@H](N)c1cc(F)cc(C(=O)O)c1O. The summed E-state index contributed by atoms with van der Waals surface area (Å²) in [5, 5.41) is 18.8. The van der Waals surface area contributed by atoms with Crippen molar-refractivity contribution >= 4 is 11.9 Å². The Morgan fingerprint density at radius 1 is 1.40 bits per heavy atom. The molecule has 6 nitrogen and oxygen atoms in total. The lowest BCUT2D eigenvalue weighted by atomic mass is 9.80. The number of esters is 1. The van der Waals surface area contributed by atoms with E-state index in [1.54, 1.807) is 0 Å². The number of benzene rings is 1. The fourth-order valence-corrected chi connectivity index (χ4v) is 1.80. The lowest BCUT2D eigenvalue weighted by Crippen LogP contribution is -2.37. The zero-order valence-electron chi connectivity index (χ0n) is 11.3. The number of hydrogen-bond donors (Lipinski definition) is 3. The van der Waals surface area contributed by atoms with Crippen molar-refractivity contribution in [2.75, 3.05) is 7.11 Å². The Labute approximate surface area is 115 Å². The minimum Gasteiger partial charge on any atom is -0.507 e. The van der Waals surface area contributed by atoms with Crippen LogP contribution in [-0.4, -0.2) is 29.3 Å². The Morgan fingerprint density at radius 2 is 1.95 bits per heavy atom. The number of hydrogen-bond acceptors (Lipinski definition) is 5. The van der Waals surface area contributed by atoms with Gasteiger partial charge in [0.05, 0.1) is 12.5 Å². The fourth-order valence-electron chi connectivity index (χ4n) is 1.80. The molecule has 1 atom stereocenters. The number of phenols is 1. The summed E-state index contributed by atoms with van der Waals surface area (Å²) in [7, 11) is 1.17. The van der Waals surface area contributed by atoms with Crippen LogP contribution >= 0.6 is 0 Å². The van der Waals surface area contributed by atoms with Gasteiger partial charge in [0.25, 0.3) is 0 Å². The van der Waals surface area contributed by atoms with E-state index in [1.165, 1.54) is 21.0 Å². The summed E-state index contributed by atoms with van der Waals surface area (Å²) >= 11 is 0. The van der Waals surface area contributed by atoms with Crippen molar-refractivity contribution in [1.82, 2.24) is 0 Å². The average Bonchev–Trinajstić information content (AvgIpc) is 2.38. The Kier molecular flexibility index (Phi) is 4.34. The number of carbonyl (C=O) groups is 2. The highest BCUT2D eigenvalue weighted by Crippen LogP contribution is 2.38. The molecule has 0 aliphatic carbocycles. The van der Waals surface area contributed by atoms with E-state index in [1.807, 2.05) is 0 Å². The third-order valence-corrected chi connectivity index (χ3v) is 3.16. The number of rotatable bonds is 4. The molecule has 0 saturated carbocycles. The van der Waals surface area contributed by atoms with Gasteiger partial charge in [0, 0.05) is 11.6 Å². The minimum absolute atomic E-state index is 0.169. The van der Waals surface area contributed by atoms with Gasteiger partial charge in [0.2, 0.25) is 0 Å². The van der Waals surface area contributed by atoms with Gasteiger partial charge in [-0.25, -0.2) is 9.18 Å². The van der Waals surface area contributed by atoms with E-state index < -0.39 is 40.5 Å². The van der Waals surface area contributed by atoms with E-state index in [0.717, 1.165) is 6.07 Å².